The Bertz CT molecular complexity index is 298. The molecule has 0 aliphatic carbocycles. The molecule has 0 unspecified atom stereocenters. The highest BCUT2D eigenvalue weighted by Gasteiger charge is 2.52. The van der Waals surface area contributed by atoms with E-state index < -0.39 is 23.0 Å². The van der Waals surface area contributed by atoms with Gasteiger partial charge in [-0.3, -0.25) is 9.63 Å². The molecule has 0 aromatic rings. The Morgan fingerprint density at radius 1 is 1.29 bits per heavy atom. The molecule has 1 atom stereocenters. The van der Waals surface area contributed by atoms with E-state index in [0.29, 0.717) is 6.42 Å². The third-order valence-corrected chi connectivity index (χ3v) is 2.89. The van der Waals surface area contributed by atoms with Crippen molar-refractivity contribution in [2.75, 3.05) is 14.2 Å². The summed E-state index contributed by atoms with van der Waals surface area (Å²) < 4.78 is 5.10. The molecule has 0 aromatic carbocycles. The number of carbonyl (C=O) groups is 2. The third kappa shape index (κ3) is 3.09. The van der Waals surface area contributed by atoms with Gasteiger partial charge in [0.2, 0.25) is 0 Å². The van der Waals surface area contributed by atoms with Gasteiger partial charge in [0, 0.05) is 12.5 Å². The molecular weight excluding hydrogens is 224 g/mol. The number of hydrogen-bond donors (Lipinski definition) is 1. The maximum atomic E-state index is 12.3. The molecule has 2 amide bonds. The van der Waals surface area contributed by atoms with Crippen LogP contribution in [0.2, 0.25) is 0 Å². The average molecular weight is 246 g/mol. The summed E-state index contributed by atoms with van der Waals surface area (Å²) in [5, 5.41) is 1.04. The quantitative estimate of drug-likeness (QED) is 0.758. The van der Waals surface area contributed by atoms with Crippen molar-refractivity contribution in [2.24, 2.45) is 11.1 Å². The fraction of sp³-hybridized carbons (Fsp3) is 0.818. The second-order valence-electron chi connectivity index (χ2n) is 4.84. The van der Waals surface area contributed by atoms with Crippen molar-refractivity contribution in [1.29, 1.82) is 0 Å². The summed E-state index contributed by atoms with van der Waals surface area (Å²) in [5.74, 6) is -0.436. The first-order valence-corrected chi connectivity index (χ1v) is 5.43. The highest BCUT2D eigenvalue weighted by atomic mass is 16.7. The van der Waals surface area contributed by atoms with Crippen molar-refractivity contribution in [3.05, 3.63) is 0 Å². The molecular formula is C11H22N2O4. The summed E-state index contributed by atoms with van der Waals surface area (Å²) in [4.78, 5) is 28.2. The van der Waals surface area contributed by atoms with Crippen LogP contribution in [0, 0.1) is 5.41 Å². The van der Waals surface area contributed by atoms with E-state index in [0.717, 1.165) is 5.06 Å². The number of carbonyl (C=O) groups excluding carboxylic acids is 2. The minimum absolute atomic E-state index is 0.311. The van der Waals surface area contributed by atoms with Crippen molar-refractivity contribution in [2.45, 2.75) is 39.7 Å². The summed E-state index contributed by atoms with van der Waals surface area (Å²) in [6, 6.07) is 0. The molecule has 0 bridgehead atoms. The number of likely N-dealkylation sites (N-methyl/N-ethyl adjacent to an activating group) is 1. The zero-order chi connectivity index (χ0) is 13.9. The largest absolute Gasteiger partial charge is 0.432 e. The van der Waals surface area contributed by atoms with Crippen LogP contribution >= 0.6 is 0 Å². The number of ether oxygens (including phenoxy) is 1. The highest BCUT2D eigenvalue weighted by molar-refractivity contribution is 5.87. The lowest BCUT2D eigenvalue weighted by Gasteiger charge is -2.42. The third-order valence-electron chi connectivity index (χ3n) is 2.89. The van der Waals surface area contributed by atoms with Crippen molar-refractivity contribution < 1.29 is 19.2 Å². The van der Waals surface area contributed by atoms with E-state index in [-0.39, 0.29) is 0 Å². The Labute approximate surface area is 102 Å². The molecule has 0 radical (unpaired) electrons. The number of rotatable bonds is 4. The van der Waals surface area contributed by atoms with E-state index >= 15 is 0 Å². The highest BCUT2D eigenvalue weighted by Crippen LogP contribution is 2.38. The van der Waals surface area contributed by atoms with Gasteiger partial charge in [0.15, 0.2) is 5.60 Å². The van der Waals surface area contributed by atoms with E-state index in [4.69, 9.17) is 15.3 Å². The molecule has 0 aromatic heterocycles. The number of hydroxylamine groups is 2. The number of hydrogen-bond acceptors (Lipinski definition) is 4. The minimum Gasteiger partial charge on any atom is -0.432 e. The van der Waals surface area contributed by atoms with Crippen LogP contribution in [0.1, 0.15) is 34.1 Å². The number of nitrogens with two attached hydrogens (primary N) is 1. The summed E-state index contributed by atoms with van der Waals surface area (Å²) in [7, 11) is 2.83. The van der Waals surface area contributed by atoms with Gasteiger partial charge in [0.25, 0.3) is 5.91 Å². The van der Waals surface area contributed by atoms with E-state index in [1.807, 2.05) is 0 Å². The van der Waals surface area contributed by atoms with Gasteiger partial charge < -0.3 is 10.5 Å². The lowest BCUT2D eigenvalue weighted by molar-refractivity contribution is -0.199. The maximum Gasteiger partial charge on any atom is 0.405 e. The van der Waals surface area contributed by atoms with Gasteiger partial charge in [-0.2, -0.15) is 0 Å². The molecule has 0 saturated heterocycles. The Kier molecular flexibility index (Phi) is 4.94. The van der Waals surface area contributed by atoms with Gasteiger partial charge in [0.1, 0.15) is 0 Å². The SMILES string of the molecule is CC[C@@](OC(N)=O)(C(=O)N(C)OC)C(C)(C)C. The van der Waals surface area contributed by atoms with Crippen LogP contribution in [0.4, 0.5) is 4.79 Å². The molecule has 0 heterocycles. The molecule has 0 aliphatic rings. The Morgan fingerprint density at radius 2 is 1.76 bits per heavy atom. The van der Waals surface area contributed by atoms with E-state index in [2.05, 4.69) is 0 Å². The number of nitrogens with zero attached hydrogens (tertiary/aromatic N) is 1. The average Bonchev–Trinajstić information content (AvgIpc) is 2.21. The summed E-state index contributed by atoms with van der Waals surface area (Å²) in [6.07, 6.45) is -0.661. The molecule has 0 saturated carbocycles. The maximum absolute atomic E-state index is 12.3. The molecule has 2 N–H and O–H groups in total. The fourth-order valence-corrected chi connectivity index (χ4v) is 1.78. The predicted octanol–water partition coefficient (Wildman–Crippen LogP) is 1.30. The number of amides is 2. The normalized spacial score (nSPS) is 14.9. The first-order valence-electron chi connectivity index (χ1n) is 5.43. The second kappa shape index (κ2) is 5.35. The smallest absolute Gasteiger partial charge is 0.405 e. The summed E-state index contributed by atoms with van der Waals surface area (Å²) >= 11 is 0. The molecule has 6 heteroatoms. The zero-order valence-corrected chi connectivity index (χ0v) is 11.4. The molecule has 0 rings (SSSR count). The predicted molar refractivity (Wildman–Crippen MR) is 62.9 cm³/mol. The van der Waals surface area contributed by atoms with Crippen LogP contribution < -0.4 is 5.73 Å². The lowest BCUT2D eigenvalue weighted by Crippen LogP contribution is -2.58. The monoisotopic (exact) mass is 246 g/mol. The van der Waals surface area contributed by atoms with E-state index in [1.165, 1.54) is 14.2 Å². The van der Waals surface area contributed by atoms with Gasteiger partial charge in [-0.1, -0.05) is 27.7 Å². The lowest BCUT2D eigenvalue weighted by atomic mass is 9.73. The Morgan fingerprint density at radius 3 is 2.00 bits per heavy atom. The van der Waals surface area contributed by atoms with Crippen LogP contribution in [-0.4, -0.2) is 36.8 Å². The molecule has 17 heavy (non-hydrogen) atoms. The van der Waals surface area contributed by atoms with Crippen LogP contribution in [-0.2, 0) is 14.4 Å². The molecule has 6 nitrogen and oxygen atoms in total. The summed E-state index contributed by atoms with van der Waals surface area (Å²) in [5.41, 5.74) is 3.13. The van der Waals surface area contributed by atoms with Crippen molar-refractivity contribution in [1.82, 2.24) is 5.06 Å². The molecule has 0 aliphatic heterocycles. The minimum atomic E-state index is -1.33. The van der Waals surface area contributed by atoms with Crippen molar-refractivity contribution >= 4 is 12.0 Å². The molecule has 0 spiro atoms. The van der Waals surface area contributed by atoms with Crippen LogP contribution in [0.3, 0.4) is 0 Å². The Balaban J connectivity index is 5.49. The second-order valence-corrected chi connectivity index (χ2v) is 4.84. The first kappa shape index (κ1) is 15.7. The van der Waals surface area contributed by atoms with E-state index in [1.54, 1.807) is 27.7 Å². The van der Waals surface area contributed by atoms with Gasteiger partial charge in [0.05, 0.1) is 7.11 Å². The fourth-order valence-electron chi connectivity index (χ4n) is 1.78. The number of primary amides is 1. The topological polar surface area (TPSA) is 81.9 Å². The zero-order valence-electron chi connectivity index (χ0n) is 11.4. The van der Waals surface area contributed by atoms with Gasteiger partial charge in [-0.15, -0.1) is 0 Å². The van der Waals surface area contributed by atoms with Crippen LogP contribution in [0.15, 0.2) is 0 Å². The van der Waals surface area contributed by atoms with Gasteiger partial charge >= 0.3 is 6.09 Å². The van der Waals surface area contributed by atoms with Crippen LogP contribution in [0.5, 0.6) is 0 Å². The Hall–Kier alpha value is -1.30. The van der Waals surface area contributed by atoms with E-state index in [9.17, 15) is 9.59 Å². The van der Waals surface area contributed by atoms with Crippen molar-refractivity contribution in [3.63, 3.8) is 0 Å². The van der Waals surface area contributed by atoms with Crippen molar-refractivity contribution in [3.8, 4) is 0 Å². The first-order chi connectivity index (χ1) is 7.62. The van der Waals surface area contributed by atoms with Crippen LogP contribution in [0.25, 0.3) is 0 Å². The van der Waals surface area contributed by atoms with Gasteiger partial charge in [-0.25, -0.2) is 9.86 Å². The summed E-state index contributed by atoms with van der Waals surface area (Å²) in [6.45, 7) is 7.18. The molecule has 100 valence electrons. The molecule has 0 fully saturated rings. The standard InChI is InChI=1S/C11H22N2O4/c1-7-11(10(2,3)4,17-9(12)15)8(14)13(5)16-6/h7H2,1-6H3,(H2,12,15)/t11-/m1/s1. The van der Waals surface area contributed by atoms with Gasteiger partial charge in [-0.05, 0) is 6.42 Å².